The Hall–Kier alpha value is -0.610. The van der Waals surface area contributed by atoms with Crippen molar-refractivity contribution >= 4 is 5.91 Å². The van der Waals surface area contributed by atoms with Crippen LogP contribution in [0.2, 0.25) is 0 Å². The van der Waals surface area contributed by atoms with Gasteiger partial charge in [0.2, 0.25) is 5.91 Å². The first-order valence-corrected chi connectivity index (χ1v) is 5.26. The molecule has 1 radical (unpaired) electrons. The van der Waals surface area contributed by atoms with Crippen molar-refractivity contribution in [1.82, 2.24) is 4.90 Å². The Morgan fingerprint density at radius 1 is 1.50 bits per heavy atom. The van der Waals surface area contributed by atoms with Gasteiger partial charge in [-0.1, -0.05) is 0 Å². The minimum atomic E-state index is -1.12. The topological polar surface area (TPSA) is 66.6 Å². The summed E-state index contributed by atoms with van der Waals surface area (Å²) < 4.78 is 0. The molecule has 1 heterocycles. The lowest BCUT2D eigenvalue weighted by Gasteiger charge is -2.24. The van der Waals surface area contributed by atoms with E-state index in [9.17, 15) is 9.90 Å². The Balaban J connectivity index is 1.86. The molecule has 4 heteroatoms. The Morgan fingerprint density at radius 2 is 2.21 bits per heavy atom. The largest absolute Gasteiger partial charge is 0.382 e. The monoisotopic (exact) mass is 197 g/mol. The summed E-state index contributed by atoms with van der Waals surface area (Å²) in [6.07, 6.45) is 3.81. The fourth-order valence-corrected chi connectivity index (χ4v) is 2.24. The summed E-state index contributed by atoms with van der Waals surface area (Å²) in [6.45, 7) is 2.55. The molecule has 1 aliphatic carbocycles. The highest BCUT2D eigenvalue weighted by Gasteiger charge is 2.38. The average molecular weight is 197 g/mol. The van der Waals surface area contributed by atoms with Crippen LogP contribution in [0.1, 0.15) is 25.7 Å². The van der Waals surface area contributed by atoms with E-state index in [2.05, 4.69) is 4.90 Å². The van der Waals surface area contributed by atoms with Gasteiger partial charge in [0.25, 0.3) is 0 Å². The third-order valence-electron chi connectivity index (χ3n) is 3.13. The van der Waals surface area contributed by atoms with E-state index < -0.39 is 12.0 Å². The summed E-state index contributed by atoms with van der Waals surface area (Å²) in [5.41, 5.74) is 5.00. The first-order chi connectivity index (χ1) is 6.68. The molecule has 2 atom stereocenters. The molecule has 14 heavy (non-hydrogen) atoms. The number of rotatable bonds is 4. The maximum atomic E-state index is 10.7. The number of carbonyl (C=O) groups excluding carboxylic acids is 1. The van der Waals surface area contributed by atoms with Gasteiger partial charge in [-0.15, -0.1) is 0 Å². The van der Waals surface area contributed by atoms with Gasteiger partial charge in [-0.05, 0) is 38.1 Å². The Morgan fingerprint density at radius 3 is 2.79 bits per heavy atom. The molecular weight excluding hydrogens is 180 g/mol. The number of hydrogen-bond acceptors (Lipinski definition) is 3. The van der Waals surface area contributed by atoms with E-state index in [0.29, 0.717) is 6.04 Å². The molecular formula is C10H17N2O2. The maximum Gasteiger partial charge on any atom is 0.247 e. The third kappa shape index (κ3) is 2.07. The van der Waals surface area contributed by atoms with Crippen molar-refractivity contribution in [3.8, 4) is 0 Å². The smallest absolute Gasteiger partial charge is 0.247 e. The quantitative estimate of drug-likeness (QED) is 0.659. The first kappa shape index (κ1) is 9.93. The molecule has 2 rings (SSSR count). The normalized spacial score (nSPS) is 30.5. The van der Waals surface area contributed by atoms with Crippen LogP contribution in [0.15, 0.2) is 0 Å². The maximum absolute atomic E-state index is 10.7. The van der Waals surface area contributed by atoms with Crippen molar-refractivity contribution < 1.29 is 9.90 Å². The van der Waals surface area contributed by atoms with Gasteiger partial charge >= 0.3 is 0 Å². The molecule has 0 bridgehead atoms. The molecule has 0 spiro atoms. The molecule has 1 unspecified atom stereocenters. The minimum Gasteiger partial charge on any atom is -0.382 e. The number of nitrogens with two attached hydrogens (primary N) is 1. The molecule has 4 nitrogen and oxygen atoms in total. The van der Waals surface area contributed by atoms with Crippen LogP contribution in [0.5, 0.6) is 0 Å². The molecule has 2 aliphatic rings. The number of aliphatic hydroxyl groups excluding tert-OH is 1. The van der Waals surface area contributed by atoms with Crippen molar-refractivity contribution in [3.63, 3.8) is 0 Å². The van der Waals surface area contributed by atoms with Crippen LogP contribution in [0.3, 0.4) is 0 Å². The van der Waals surface area contributed by atoms with E-state index in [-0.39, 0.29) is 0 Å². The van der Waals surface area contributed by atoms with Crippen molar-refractivity contribution in [2.24, 2.45) is 11.7 Å². The first-order valence-electron chi connectivity index (χ1n) is 5.26. The lowest BCUT2D eigenvalue weighted by Crippen LogP contribution is -2.38. The highest BCUT2D eigenvalue weighted by atomic mass is 16.3. The average Bonchev–Trinajstić information content (AvgIpc) is 2.88. The van der Waals surface area contributed by atoms with Gasteiger partial charge in [-0.25, -0.2) is 0 Å². The lowest BCUT2D eigenvalue weighted by molar-refractivity contribution is -0.125. The van der Waals surface area contributed by atoms with Crippen molar-refractivity contribution in [2.45, 2.75) is 37.8 Å². The summed E-state index contributed by atoms with van der Waals surface area (Å²) in [4.78, 5) is 12.8. The van der Waals surface area contributed by atoms with Crippen LogP contribution in [0.25, 0.3) is 0 Å². The molecule has 0 aromatic carbocycles. The van der Waals surface area contributed by atoms with Crippen LogP contribution in [0, 0.1) is 12.5 Å². The van der Waals surface area contributed by atoms with Gasteiger partial charge in [0.15, 0.2) is 0 Å². The molecule has 1 aliphatic heterocycles. The van der Waals surface area contributed by atoms with E-state index >= 15 is 0 Å². The summed E-state index contributed by atoms with van der Waals surface area (Å²) in [5, 5.41) is 9.34. The van der Waals surface area contributed by atoms with E-state index in [1.165, 1.54) is 19.3 Å². The summed E-state index contributed by atoms with van der Waals surface area (Å²) >= 11 is 0. The molecule has 2 fully saturated rings. The number of amides is 1. The Labute approximate surface area is 84.1 Å². The predicted octanol–water partition coefficient (Wildman–Crippen LogP) is -0.131. The van der Waals surface area contributed by atoms with Gasteiger partial charge in [-0.3, -0.25) is 9.69 Å². The Bertz CT molecular complexity index is 228. The van der Waals surface area contributed by atoms with Crippen LogP contribution in [-0.2, 0) is 4.79 Å². The zero-order valence-corrected chi connectivity index (χ0v) is 8.22. The number of aliphatic hydroxyl groups is 1. The number of nitrogens with zero attached hydrogens (tertiary/aromatic N) is 1. The molecule has 79 valence electrons. The zero-order chi connectivity index (χ0) is 10.1. The van der Waals surface area contributed by atoms with Crippen molar-refractivity contribution in [2.75, 3.05) is 6.54 Å². The van der Waals surface area contributed by atoms with Crippen LogP contribution >= 0.6 is 0 Å². The van der Waals surface area contributed by atoms with Gasteiger partial charge in [-0.2, -0.15) is 0 Å². The van der Waals surface area contributed by atoms with E-state index in [0.717, 1.165) is 18.9 Å². The molecule has 1 saturated carbocycles. The van der Waals surface area contributed by atoms with Gasteiger partial charge in [0, 0.05) is 6.04 Å². The predicted molar refractivity (Wildman–Crippen MR) is 52.0 cm³/mol. The van der Waals surface area contributed by atoms with E-state index in [4.69, 9.17) is 5.73 Å². The second kappa shape index (κ2) is 3.87. The lowest BCUT2D eigenvalue weighted by atomic mass is 10.1. The summed E-state index contributed by atoms with van der Waals surface area (Å²) in [5.74, 6) is 0.125. The molecule has 0 aromatic heterocycles. The highest BCUT2D eigenvalue weighted by molar-refractivity contribution is 5.79. The number of carbonyl (C=O) groups is 1. The van der Waals surface area contributed by atoms with E-state index in [1.807, 2.05) is 0 Å². The molecule has 3 N–H and O–H groups in total. The minimum absolute atomic E-state index is 0.545. The number of hydrogen-bond donors (Lipinski definition) is 2. The zero-order valence-electron chi connectivity index (χ0n) is 8.22. The standard InChI is InChI=1S/C10H17N2O2/c11-10(14)9(13)6-12-5-1-2-8(12)7-3-4-7/h6-9,13H,1-5H2,(H2,11,14)/t8?,9-/m1/s1. The second-order valence-corrected chi connectivity index (χ2v) is 4.28. The summed E-state index contributed by atoms with van der Waals surface area (Å²) in [7, 11) is 0. The molecule has 1 amide bonds. The van der Waals surface area contributed by atoms with Gasteiger partial charge in [0.05, 0.1) is 6.54 Å². The third-order valence-corrected chi connectivity index (χ3v) is 3.13. The second-order valence-electron chi connectivity index (χ2n) is 4.28. The number of likely N-dealkylation sites (tertiary alicyclic amines) is 1. The fraction of sp³-hybridized carbons (Fsp3) is 0.800. The highest BCUT2D eigenvalue weighted by Crippen LogP contribution is 2.40. The fourth-order valence-electron chi connectivity index (χ4n) is 2.24. The molecule has 0 aromatic rings. The number of primary amides is 1. The van der Waals surface area contributed by atoms with E-state index in [1.54, 1.807) is 6.54 Å². The molecule has 1 saturated heterocycles. The van der Waals surface area contributed by atoms with Crippen molar-refractivity contribution in [3.05, 3.63) is 6.54 Å². The van der Waals surface area contributed by atoms with Crippen molar-refractivity contribution in [1.29, 1.82) is 0 Å². The SMILES string of the molecule is NC(=O)[C@H](O)[CH]N1CCCC1C1CC1. The van der Waals surface area contributed by atoms with Crippen LogP contribution in [-0.4, -0.2) is 34.6 Å². The van der Waals surface area contributed by atoms with Crippen LogP contribution in [0.4, 0.5) is 0 Å². The Kier molecular flexibility index (Phi) is 2.74. The summed E-state index contributed by atoms with van der Waals surface area (Å²) in [6, 6.07) is 0.545. The van der Waals surface area contributed by atoms with Gasteiger partial charge in [0.1, 0.15) is 6.10 Å². The van der Waals surface area contributed by atoms with Gasteiger partial charge < -0.3 is 10.8 Å². The van der Waals surface area contributed by atoms with Crippen LogP contribution < -0.4 is 5.73 Å².